The Kier molecular flexibility index (Phi) is 2.85. The number of carbonyl (C=O) groups excluding carboxylic acids is 1. The van der Waals surface area contributed by atoms with Gasteiger partial charge in [0.25, 0.3) is 0 Å². The van der Waals surface area contributed by atoms with Gasteiger partial charge in [-0.25, -0.2) is 0 Å². The number of Topliss-reactive ketones (excluding diaryl/α,β-unsaturated/α-hetero) is 1. The molecule has 2 saturated carbocycles. The predicted octanol–water partition coefficient (Wildman–Crippen LogP) is 2.75. The second kappa shape index (κ2) is 3.99. The highest BCUT2D eigenvalue weighted by Gasteiger charge is 2.43. The quantitative estimate of drug-likeness (QED) is 0.616. The maximum Gasteiger partial charge on any atom is 0.166 e. The third-order valence-corrected chi connectivity index (χ3v) is 3.85. The lowest BCUT2D eigenvalue weighted by atomic mass is 9.70. The zero-order valence-electron chi connectivity index (χ0n) is 9.88. The van der Waals surface area contributed by atoms with Crippen LogP contribution >= 0.6 is 0 Å². The fourth-order valence-electron chi connectivity index (χ4n) is 3.15. The van der Waals surface area contributed by atoms with Gasteiger partial charge in [-0.15, -0.1) is 0 Å². The summed E-state index contributed by atoms with van der Waals surface area (Å²) in [7, 11) is 3.99. The molecule has 15 heavy (non-hydrogen) atoms. The van der Waals surface area contributed by atoms with Crippen molar-refractivity contribution in [1.29, 1.82) is 0 Å². The molecule has 0 atom stereocenters. The van der Waals surface area contributed by atoms with Gasteiger partial charge in [0.1, 0.15) is 0 Å². The van der Waals surface area contributed by atoms with Crippen molar-refractivity contribution in [3.8, 4) is 0 Å². The zero-order valence-corrected chi connectivity index (χ0v) is 9.88. The molecular weight excluding hydrogens is 186 g/mol. The molecule has 0 bridgehead atoms. The van der Waals surface area contributed by atoms with Crippen molar-refractivity contribution in [2.45, 2.75) is 44.9 Å². The molecule has 2 rings (SSSR count). The molecule has 0 radical (unpaired) electrons. The molecule has 2 nitrogen and oxygen atoms in total. The molecule has 0 unspecified atom stereocenters. The van der Waals surface area contributed by atoms with Crippen molar-refractivity contribution in [3.63, 3.8) is 0 Å². The fourth-order valence-corrected chi connectivity index (χ4v) is 3.15. The monoisotopic (exact) mass is 207 g/mol. The van der Waals surface area contributed by atoms with Crippen molar-refractivity contribution in [2.75, 3.05) is 14.1 Å². The zero-order chi connectivity index (χ0) is 10.9. The average Bonchev–Trinajstić information content (AvgIpc) is 2.62. The summed E-state index contributed by atoms with van der Waals surface area (Å²) in [6, 6.07) is 0. The minimum absolute atomic E-state index is 0.0556. The molecule has 2 heteroatoms. The largest absolute Gasteiger partial charge is 0.383 e. The van der Waals surface area contributed by atoms with Crippen LogP contribution in [0.25, 0.3) is 0 Å². The number of carbonyl (C=O) groups is 1. The normalized spacial score (nSPS) is 27.6. The highest BCUT2D eigenvalue weighted by atomic mass is 16.1. The van der Waals surface area contributed by atoms with E-state index < -0.39 is 0 Å². The highest BCUT2D eigenvalue weighted by molar-refractivity contribution is 6.00. The second-order valence-electron chi connectivity index (χ2n) is 5.29. The van der Waals surface area contributed by atoms with Gasteiger partial charge in [0.15, 0.2) is 5.78 Å². The van der Waals surface area contributed by atoms with Crippen LogP contribution in [0, 0.1) is 5.41 Å². The molecule has 1 spiro atoms. The Morgan fingerprint density at radius 2 is 1.73 bits per heavy atom. The Hall–Kier alpha value is -0.790. The van der Waals surface area contributed by atoms with Gasteiger partial charge in [0.2, 0.25) is 0 Å². The van der Waals surface area contributed by atoms with E-state index in [0.29, 0.717) is 5.78 Å². The molecule has 0 heterocycles. The summed E-state index contributed by atoms with van der Waals surface area (Å²) in [5.41, 5.74) is 1.12. The maximum atomic E-state index is 12.4. The van der Waals surface area contributed by atoms with E-state index >= 15 is 0 Å². The Labute approximate surface area is 92.3 Å². The Balaban J connectivity index is 2.20. The van der Waals surface area contributed by atoms with Gasteiger partial charge in [-0.05, 0) is 32.1 Å². The SMILES string of the molecule is CN(C)/C=C1\CCCC2(CCCC2)C1=O. The number of hydrogen-bond donors (Lipinski definition) is 0. The second-order valence-corrected chi connectivity index (χ2v) is 5.29. The van der Waals surface area contributed by atoms with E-state index in [4.69, 9.17) is 0 Å². The van der Waals surface area contributed by atoms with Crippen LogP contribution < -0.4 is 0 Å². The van der Waals surface area contributed by atoms with E-state index in [1.807, 2.05) is 25.2 Å². The van der Waals surface area contributed by atoms with E-state index in [2.05, 4.69) is 0 Å². The van der Waals surface area contributed by atoms with Crippen LogP contribution in [0.15, 0.2) is 11.8 Å². The average molecular weight is 207 g/mol. The summed E-state index contributed by atoms with van der Waals surface area (Å²) in [4.78, 5) is 14.4. The Morgan fingerprint density at radius 3 is 2.33 bits per heavy atom. The summed E-state index contributed by atoms with van der Waals surface area (Å²) >= 11 is 0. The van der Waals surface area contributed by atoms with Gasteiger partial charge >= 0.3 is 0 Å². The molecule has 2 aliphatic carbocycles. The van der Waals surface area contributed by atoms with Crippen LogP contribution in [0.5, 0.6) is 0 Å². The number of hydrogen-bond acceptors (Lipinski definition) is 2. The first-order chi connectivity index (χ1) is 7.14. The summed E-state index contributed by atoms with van der Waals surface area (Å²) in [6.07, 6.45) is 10.1. The topological polar surface area (TPSA) is 20.3 Å². The van der Waals surface area contributed by atoms with Crippen molar-refractivity contribution >= 4 is 5.78 Å². The molecular formula is C13H21NO. The number of allylic oxidation sites excluding steroid dienone is 1. The van der Waals surface area contributed by atoms with E-state index in [-0.39, 0.29) is 5.41 Å². The molecule has 84 valence electrons. The van der Waals surface area contributed by atoms with Gasteiger partial charge in [-0.2, -0.15) is 0 Å². The number of nitrogens with zero attached hydrogens (tertiary/aromatic N) is 1. The predicted molar refractivity (Wildman–Crippen MR) is 61.5 cm³/mol. The van der Waals surface area contributed by atoms with Crippen LogP contribution in [0.4, 0.5) is 0 Å². The molecule has 2 fully saturated rings. The van der Waals surface area contributed by atoms with Gasteiger partial charge in [0, 0.05) is 31.3 Å². The Bertz CT molecular complexity index is 285. The molecule has 0 N–H and O–H groups in total. The maximum absolute atomic E-state index is 12.4. The van der Waals surface area contributed by atoms with Crippen molar-refractivity contribution in [3.05, 3.63) is 11.8 Å². The van der Waals surface area contributed by atoms with E-state index in [9.17, 15) is 4.79 Å². The van der Waals surface area contributed by atoms with Crippen molar-refractivity contribution in [1.82, 2.24) is 4.90 Å². The molecule has 0 aromatic carbocycles. The van der Waals surface area contributed by atoms with Crippen molar-refractivity contribution in [2.24, 2.45) is 5.41 Å². The number of ketones is 1. The lowest BCUT2D eigenvalue weighted by Crippen LogP contribution is -2.33. The van der Waals surface area contributed by atoms with Gasteiger partial charge in [0.05, 0.1) is 0 Å². The molecule has 0 aromatic heterocycles. The molecule has 0 amide bonds. The van der Waals surface area contributed by atoms with Crippen LogP contribution in [0.3, 0.4) is 0 Å². The van der Waals surface area contributed by atoms with Crippen LogP contribution in [0.2, 0.25) is 0 Å². The van der Waals surface area contributed by atoms with Crippen molar-refractivity contribution < 1.29 is 4.79 Å². The molecule has 0 aromatic rings. The van der Waals surface area contributed by atoms with E-state index in [1.54, 1.807) is 0 Å². The van der Waals surface area contributed by atoms with Crippen LogP contribution in [-0.2, 0) is 4.79 Å². The first-order valence-electron chi connectivity index (χ1n) is 6.06. The van der Waals surface area contributed by atoms with E-state index in [1.165, 1.54) is 19.3 Å². The van der Waals surface area contributed by atoms with E-state index in [0.717, 1.165) is 31.3 Å². The fraction of sp³-hybridized carbons (Fsp3) is 0.769. The minimum Gasteiger partial charge on any atom is -0.383 e. The summed E-state index contributed by atoms with van der Waals surface area (Å²) < 4.78 is 0. The van der Waals surface area contributed by atoms with Gasteiger partial charge in [-0.3, -0.25) is 4.79 Å². The lowest BCUT2D eigenvalue weighted by molar-refractivity contribution is -0.126. The van der Waals surface area contributed by atoms with Crippen LogP contribution in [-0.4, -0.2) is 24.8 Å². The Morgan fingerprint density at radius 1 is 1.13 bits per heavy atom. The van der Waals surface area contributed by atoms with Crippen LogP contribution in [0.1, 0.15) is 44.9 Å². The molecule has 0 aliphatic heterocycles. The van der Waals surface area contributed by atoms with Gasteiger partial charge < -0.3 is 4.90 Å². The summed E-state index contributed by atoms with van der Waals surface area (Å²) in [6.45, 7) is 0. The lowest BCUT2D eigenvalue weighted by Gasteiger charge is -2.33. The molecule has 0 saturated heterocycles. The molecule has 2 aliphatic rings. The third-order valence-electron chi connectivity index (χ3n) is 3.85. The third kappa shape index (κ3) is 1.95. The minimum atomic E-state index is 0.0556. The first kappa shape index (κ1) is 10.7. The highest BCUT2D eigenvalue weighted by Crippen LogP contribution is 2.48. The summed E-state index contributed by atoms with van der Waals surface area (Å²) in [5, 5.41) is 0. The first-order valence-corrected chi connectivity index (χ1v) is 6.06. The summed E-state index contributed by atoms with van der Waals surface area (Å²) in [5.74, 6) is 0.458. The standard InChI is InChI=1S/C13H21NO/c1-14(2)10-11-6-5-9-13(12(11)15)7-3-4-8-13/h10H,3-9H2,1-2H3/b11-10+. The van der Waals surface area contributed by atoms with Gasteiger partial charge in [-0.1, -0.05) is 12.8 Å². The number of rotatable bonds is 1. The smallest absolute Gasteiger partial charge is 0.166 e.